The molecule has 7 heteroatoms. The van der Waals surface area contributed by atoms with E-state index in [4.69, 9.17) is 16.4 Å². The van der Waals surface area contributed by atoms with Gasteiger partial charge in [-0.15, -0.1) is 0 Å². The molecule has 4 rings (SSSR count). The number of carbonyl (C=O) groups is 1. The molecule has 1 aliphatic rings. The summed E-state index contributed by atoms with van der Waals surface area (Å²) in [5.74, 6) is -1.15. The van der Waals surface area contributed by atoms with Gasteiger partial charge in [0.1, 0.15) is 11.6 Å². The largest absolute Gasteiger partial charge is 0.390 e. The first-order valence-corrected chi connectivity index (χ1v) is 10.1. The molecule has 0 spiro atoms. The molecule has 1 atom stereocenters. The first-order valence-electron chi connectivity index (χ1n) is 9.76. The molecule has 0 bridgehead atoms. The number of nitrogens with zero attached hydrogens (tertiary/aromatic N) is 2. The van der Waals surface area contributed by atoms with Crippen LogP contribution in [-0.2, 0) is 11.4 Å². The summed E-state index contributed by atoms with van der Waals surface area (Å²) in [6.45, 7) is 0.468. The Morgan fingerprint density at radius 2 is 1.81 bits per heavy atom. The van der Waals surface area contributed by atoms with Crippen LogP contribution in [-0.4, -0.2) is 29.2 Å². The second kappa shape index (κ2) is 9.27. The minimum Gasteiger partial charge on any atom is -0.390 e. The molecular formula is C24H19ClF2N2O2. The van der Waals surface area contributed by atoms with Crippen LogP contribution < -0.4 is 0 Å². The maximum absolute atomic E-state index is 13.7. The van der Waals surface area contributed by atoms with Crippen molar-refractivity contribution in [1.82, 2.24) is 4.90 Å². The van der Waals surface area contributed by atoms with Crippen LogP contribution >= 0.6 is 11.6 Å². The summed E-state index contributed by atoms with van der Waals surface area (Å²) in [7, 11) is 0. The molecule has 31 heavy (non-hydrogen) atoms. The topological polar surface area (TPSA) is 41.9 Å². The lowest BCUT2D eigenvalue weighted by Crippen LogP contribution is -2.37. The SMILES string of the molecule is O=C(c1cccc(F)c1)N(Cc1ccccc1Cl)CC1CC(c2ccc(F)cc2)=NO1. The van der Waals surface area contributed by atoms with Crippen LogP contribution in [0.2, 0.25) is 5.02 Å². The molecule has 1 amide bonds. The van der Waals surface area contributed by atoms with E-state index in [-0.39, 0.29) is 36.5 Å². The number of hydrogen-bond donors (Lipinski definition) is 0. The third-order valence-corrected chi connectivity index (χ3v) is 5.38. The van der Waals surface area contributed by atoms with Gasteiger partial charge in [0.25, 0.3) is 5.91 Å². The Bertz CT molecular complexity index is 1120. The molecule has 0 radical (unpaired) electrons. The van der Waals surface area contributed by atoms with Gasteiger partial charge in [-0.3, -0.25) is 4.79 Å². The Kier molecular flexibility index (Phi) is 6.28. The molecule has 1 unspecified atom stereocenters. The fourth-order valence-electron chi connectivity index (χ4n) is 3.44. The van der Waals surface area contributed by atoms with Crippen molar-refractivity contribution in [3.63, 3.8) is 0 Å². The summed E-state index contributed by atoms with van der Waals surface area (Å²) in [5, 5.41) is 4.65. The molecule has 3 aromatic rings. The monoisotopic (exact) mass is 440 g/mol. The van der Waals surface area contributed by atoms with Crippen molar-refractivity contribution in [3.05, 3.63) is 106 Å². The van der Waals surface area contributed by atoms with Gasteiger partial charge in [0, 0.05) is 23.6 Å². The van der Waals surface area contributed by atoms with Crippen molar-refractivity contribution < 1.29 is 18.4 Å². The van der Waals surface area contributed by atoms with Crippen LogP contribution in [0.15, 0.2) is 78.0 Å². The molecule has 3 aromatic carbocycles. The van der Waals surface area contributed by atoms with Gasteiger partial charge in [0.2, 0.25) is 0 Å². The van der Waals surface area contributed by atoms with Crippen molar-refractivity contribution in [2.45, 2.75) is 19.1 Å². The van der Waals surface area contributed by atoms with Gasteiger partial charge in [-0.1, -0.05) is 53.2 Å². The molecule has 0 aliphatic carbocycles. The Morgan fingerprint density at radius 3 is 2.55 bits per heavy atom. The highest BCUT2D eigenvalue weighted by molar-refractivity contribution is 6.31. The Hall–Kier alpha value is -3.25. The number of oxime groups is 1. The standard InChI is InChI=1S/C24H19ClF2N2O2/c25-22-7-2-1-4-18(22)14-29(24(30)17-5-3-6-20(27)12-17)15-21-13-23(28-31-21)16-8-10-19(26)11-9-16/h1-12,21H,13-15H2. The minimum absolute atomic E-state index is 0.231. The quantitative estimate of drug-likeness (QED) is 0.511. The Balaban J connectivity index is 1.53. The van der Waals surface area contributed by atoms with Gasteiger partial charge in [-0.05, 0) is 47.5 Å². The van der Waals surface area contributed by atoms with E-state index in [9.17, 15) is 13.6 Å². The van der Waals surface area contributed by atoms with Crippen molar-refractivity contribution in [3.8, 4) is 0 Å². The molecule has 0 aromatic heterocycles. The second-order valence-corrected chi connectivity index (χ2v) is 7.67. The van der Waals surface area contributed by atoms with E-state index >= 15 is 0 Å². The average molecular weight is 441 g/mol. The summed E-state index contributed by atoms with van der Waals surface area (Å²) >= 11 is 6.29. The van der Waals surface area contributed by atoms with Gasteiger partial charge in [0.05, 0.1) is 12.3 Å². The van der Waals surface area contributed by atoms with Crippen molar-refractivity contribution in [2.24, 2.45) is 5.16 Å². The molecule has 0 N–H and O–H groups in total. The number of halogens is 3. The van der Waals surface area contributed by atoms with E-state index in [1.54, 1.807) is 29.2 Å². The molecular weight excluding hydrogens is 422 g/mol. The second-order valence-electron chi connectivity index (χ2n) is 7.26. The molecule has 0 saturated carbocycles. The number of benzene rings is 3. The lowest BCUT2D eigenvalue weighted by Gasteiger charge is -2.25. The number of carbonyl (C=O) groups excluding carboxylic acids is 1. The lowest BCUT2D eigenvalue weighted by molar-refractivity contribution is 0.0405. The summed E-state index contributed by atoms with van der Waals surface area (Å²) < 4.78 is 26.9. The highest BCUT2D eigenvalue weighted by Crippen LogP contribution is 2.22. The smallest absolute Gasteiger partial charge is 0.254 e. The van der Waals surface area contributed by atoms with Gasteiger partial charge >= 0.3 is 0 Å². The van der Waals surface area contributed by atoms with Crippen LogP contribution in [0.3, 0.4) is 0 Å². The van der Waals surface area contributed by atoms with Crippen molar-refractivity contribution >= 4 is 23.2 Å². The zero-order valence-corrected chi connectivity index (χ0v) is 17.2. The maximum Gasteiger partial charge on any atom is 0.254 e. The van der Waals surface area contributed by atoms with E-state index < -0.39 is 5.82 Å². The van der Waals surface area contributed by atoms with E-state index in [0.717, 1.165) is 11.1 Å². The third kappa shape index (κ3) is 5.09. The molecule has 1 heterocycles. The number of rotatable bonds is 6. The van der Waals surface area contributed by atoms with Gasteiger partial charge in [-0.25, -0.2) is 8.78 Å². The lowest BCUT2D eigenvalue weighted by atomic mass is 10.0. The average Bonchev–Trinajstić information content (AvgIpc) is 3.23. The van der Waals surface area contributed by atoms with Gasteiger partial charge < -0.3 is 9.74 Å². The summed E-state index contributed by atoms with van der Waals surface area (Å²) in [4.78, 5) is 20.3. The van der Waals surface area contributed by atoms with Crippen LogP contribution in [0.5, 0.6) is 0 Å². The number of hydrogen-bond acceptors (Lipinski definition) is 3. The Morgan fingerprint density at radius 1 is 1.03 bits per heavy atom. The van der Waals surface area contributed by atoms with Crippen LogP contribution in [0, 0.1) is 11.6 Å². The molecule has 0 fully saturated rings. The van der Waals surface area contributed by atoms with Crippen LogP contribution in [0.1, 0.15) is 27.9 Å². The molecule has 1 aliphatic heterocycles. The summed E-state index contributed by atoms with van der Waals surface area (Å²) in [5.41, 5.74) is 2.45. The van der Waals surface area contributed by atoms with E-state index in [1.807, 2.05) is 18.2 Å². The van der Waals surface area contributed by atoms with Gasteiger partial charge in [0.15, 0.2) is 6.10 Å². The third-order valence-electron chi connectivity index (χ3n) is 5.01. The highest BCUT2D eigenvalue weighted by atomic mass is 35.5. The predicted octanol–water partition coefficient (Wildman–Crippen LogP) is 5.45. The maximum atomic E-state index is 13.7. The highest BCUT2D eigenvalue weighted by Gasteiger charge is 2.28. The predicted molar refractivity (Wildman–Crippen MR) is 115 cm³/mol. The van der Waals surface area contributed by atoms with E-state index in [1.165, 1.54) is 30.3 Å². The Labute approximate surface area is 183 Å². The van der Waals surface area contributed by atoms with Gasteiger partial charge in [-0.2, -0.15) is 0 Å². The fourth-order valence-corrected chi connectivity index (χ4v) is 3.64. The van der Waals surface area contributed by atoms with Crippen LogP contribution in [0.4, 0.5) is 8.78 Å². The summed E-state index contributed by atoms with van der Waals surface area (Å²) in [6.07, 6.45) is 0.0706. The zero-order valence-electron chi connectivity index (χ0n) is 16.5. The van der Waals surface area contributed by atoms with E-state index in [2.05, 4.69) is 5.16 Å². The van der Waals surface area contributed by atoms with Crippen molar-refractivity contribution in [1.29, 1.82) is 0 Å². The zero-order chi connectivity index (χ0) is 21.8. The molecule has 158 valence electrons. The normalized spacial score (nSPS) is 15.3. The van der Waals surface area contributed by atoms with Crippen molar-refractivity contribution in [2.75, 3.05) is 6.54 Å². The first kappa shape index (κ1) is 21.0. The fraction of sp³-hybridized carbons (Fsp3) is 0.167. The van der Waals surface area contributed by atoms with E-state index in [0.29, 0.717) is 17.2 Å². The minimum atomic E-state index is -0.484. The first-order chi connectivity index (χ1) is 15.0. The molecule has 0 saturated heterocycles. The molecule has 4 nitrogen and oxygen atoms in total. The summed E-state index contributed by atoms with van der Waals surface area (Å²) in [6, 6.07) is 18.8. The number of amides is 1. The van der Waals surface area contributed by atoms with Crippen LogP contribution in [0.25, 0.3) is 0 Å².